The molecule has 12 nitrogen and oxygen atoms in total. The number of ketones is 2. The lowest BCUT2D eigenvalue weighted by Crippen LogP contribution is -2.38. The molecule has 0 aromatic carbocycles. The second kappa shape index (κ2) is 16.4. The maximum Gasteiger partial charge on any atom is 0.405 e. The summed E-state index contributed by atoms with van der Waals surface area (Å²) in [5, 5.41) is 25.9. The molecule has 42 heavy (non-hydrogen) atoms. The number of nitrogens with two attached hydrogens (primary N) is 1. The second-order valence-electron chi connectivity index (χ2n) is 10.9. The predicted octanol–water partition coefficient (Wildman–Crippen LogP) is 1.57. The molecule has 1 aliphatic carbocycles. The number of aliphatic hydroxyl groups is 2. The van der Waals surface area contributed by atoms with Gasteiger partial charge in [-0.1, -0.05) is 26.0 Å². The van der Waals surface area contributed by atoms with Crippen molar-refractivity contribution in [2.75, 3.05) is 27.4 Å². The summed E-state index contributed by atoms with van der Waals surface area (Å²) in [6.45, 7) is 6.83. The summed E-state index contributed by atoms with van der Waals surface area (Å²) in [5.74, 6) is -2.21. The second-order valence-corrected chi connectivity index (χ2v) is 10.9. The minimum Gasteiger partial charge on any atom is -0.439 e. The zero-order valence-electron chi connectivity index (χ0n) is 25.3. The van der Waals surface area contributed by atoms with Crippen LogP contribution >= 0.6 is 0 Å². The summed E-state index contributed by atoms with van der Waals surface area (Å²) in [7, 11) is 2.95. The van der Waals surface area contributed by atoms with E-state index >= 15 is 0 Å². The zero-order chi connectivity index (χ0) is 31.6. The van der Waals surface area contributed by atoms with Crippen LogP contribution in [0.1, 0.15) is 53.4 Å². The van der Waals surface area contributed by atoms with E-state index in [-0.39, 0.29) is 42.5 Å². The molecule has 0 aromatic heterocycles. The molecule has 6 atom stereocenters. The first-order valence-electron chi connectivity index (χ1n) is 14.1. The van der Waals surface area contributed by atoms with Crippen molar-refractivity contribution in [2.24, 2.45) is 17.6 Å². The molecule has 2 bridgehead atoms. The topological polar surface area (TPSA) is 187 Å². The lowest BCUT2D eigenvalue weighted by molar-refractivity contribution is -0.120. The fourth-order valence-corrected chi connectivity index (χ4v) is 5.26. The molecule has 2 rings (SSSR count). The van der Waals surface area contributed by atoms with Gasteiger partial charge in [0.25, 0.3) is 5.91 Å². The smallest absolute Gasteiger partial charge is 0.405 e. The van der Waals surface area contributed by atoms with Crippen molar-refractivity contribution in [1.82, 2.24) is 10.6 Å². The van der Waals surface area contributed by atoms with Crippen LogP contribution in [0.5, 0.6) is 0 Å². The van der Waals surface area contributed by atoms with Crippen LogP contribution in [0.3, 0.4) is 0 Å². The van der Waals surface area contributed by atoms with Crippen LogP contribution in [0.2, 0.25) is 0 Å². The lowest BCUT2D eigenvalue weighted by atomic mass is 9.85. The summed E-state index contributed by atoms with van der Waals surface area (Å²) >= 11 is 0. The number of ether oxygens (including phenoxy) is 3. The van der Waals surface area contributed by atoms with Crippen molar-refractivity contribution in [3.05, 3.63) is 46.3 Å². The Kier molecular flexibility index (Phi) is 13.6. The highest BCUT2D eigenvalue weighted by atomic mass is 16.6. The first-order chi connectivity index (χ1) is 19.8. The van der Waals surface area contributed by atoms with E-state index in [0.717, 1.165) is 6.08 Å². The van der Waals surface area contributed by atoms with Crippen LogP contribution in [0.4, 0.5) is 4.79 Å². The number of Topliss-reactive ketones (excluding diaryl/α,β-unsaturated/α-hetero) is 1. The monoisotopic (exact) mass is 591 g/mol. The van der Waals surface area contributed by atoms with E-state index in [9.17, 15) is 29.4 Å². The van der Waals surface area contributed by atoms with Gasteiger partial charge in [-0.15, -0.1) is 0 Å². The highest BCUT2D eigenvalue weighted by molar-refractivity contribution is 6.23. The van der Waals surface area contributed by atoms with Gasteiger partial charge < -0.3 is 40.8 Å². The first kappa shape index (κ1) is 34.9. The van der Waals surface area contributed by atoms with Crippen molar-refractivity contribution in [3.63, 3.8) is 0 Å². The fraction of sp³-hybridized carbons (Fsp3) is 0.600. The summed E-state index contributed by atoms with van der Waals surface area (Å²) in [4.78, 5) is 51.2. The number of nitrogens with one attached hydrogen (secondary N) is 2. The van der Waals surface area contributed by atoms with Crippen LogP contribution in [0.15, 0.2) is 46.3 Å². The number of hydrogen-bond donors (Lipinski definition) is 5. The lowest BCUT2D eigenvalue weighted by Gasteiger charge is -2.30. The Morgan fingerprint density at radius 3 is 2.40 bits per heavy atom. The third-order valence-corrected chi connectivity index (χ3v) is 7.53. The van der Waals surface area contributed by atoms with Gasteiger partial charge in [-0.05, 0) is 51.0 Å². The van der Waals surface area contributed by atoms with Gasteiger partial charge >= 0.3 is 6.09 Å². The Morgan fingerprint density at radius 2 is 1.81 bits per heavy atom. The molecule has 1 heterocycles. The Bertz CT molecular complexity index is 1140. The van der Waals surface area contributed by atoms with E-state index in [1.807, 2.05) is 6.92 Å². The Labute approximate surface area is 247 Å². The molecule has 0 aromatic rings. The van der Waals surface area contributed by atoms with E-state index in [2.05, 4.69) is 10.6 Å². The largest absolute Gasteiger partial charge is 0.439 e. The molecule has 1 aliphatic heterocycles. The van der Waals surface area contributed by atoms with Crippen LogP contribution in [-0.2, 0) is 28.6 Å². The van der Waals surface area contributed by atoms with Gasteiger partial charge in [-0.2, -0.15) is 0 Å². The summed E-state index contributed by atoms with van der Waals surface area (Å²) in [6, 6.07) is 0. The first-order valence-corrected chi connectivity index (χ1v) is 14.1. The number of primary amides is 1. The maximum atomic E-state index is 13.5. The van der Waals surface area contributed by atoms with Gasteiger partial charge in [-0.25, -0.2) is 4.79 Å². The number of carbonyl (C=O) groups is 4. The molecule has 0 spiro atoms. The maximum absolute atomic E-state index is 13.5. The molecule has 0 radical (unpaired) electrons. The third-order valence-electron chi connectivity index (χ3n) is 7.53. The minimum absolute atomic E-state index is 0.0646. The van der Waals surface area contributed by atoms with E-state index in [4.69, 9.17) is 19.9 Å². The molecular formula is C30H45N3O9. The molecule has 0 saturated heterocycles. The van der Waals surface area contributed by atoms with Crippen LogP contribution < -0.4 is 16.4 Å². The van der Waals surface area contributed by atoms with Crippen LogP contribution in [-0.4, -0.2) is 85.6 Å². The number of aliphatic hydroxyl groups excluding tert-OH is 2. The SMILES string of the molecule is CO[C@H]1C[C@H](C)CC2=C(NCCO)C(=O)C=C(NC(=O)/C(C)=C/CC[C@H](OC)[C@@H](OC(N)=O)/C(C)=C/[C@H](C)[C@H]1O)C2=O. The molecule has 0 saturated carbocycles. The Morgan fingerprint density at radius 1 is 1.14 bits per heavy atom. The van der Waals surface area contributed by atoms with Gasteiger partial charge in [0.15, 0.2) is 6.10 Å². The standard InChI is InChI=1S/C30H45N3O9/c1-16-12-20-25(32-10-11-34)22(35)15-21(27(20)37)33-29(38)17(2)8-7-9-23(40-5)28(42-30(31)39)19(4)14-18(3)26(36)24(13-16)41-6/h8,14-16,18,23-24,26,28,32,34,36H,7,9-13H2,1-6H3,(H2,31,39)(H,33,38)/b17-8+,19-14+/t16-,18+,23+,24+,26-,28+/m1/s1. The molecule has 6 N–H and O–H groups in total. The molecule has 2 amide bonds. The number of allylic oxidation sites excluding steroid dienone is 3. The van der Waals surface area contributed by atoms with Crippen molar-refractivity contribution in [1.29, 1.82) is 0 Å². The average Bonchev–Trinajstić information content (AvgIpc) is 2.94. The number of rotatable bonds is 6. The number of fused-ring (bicyclic) bond motifs is 2. The van der Waals surface area contributed by atoms with Crippen LogP contribution in [0, 0.1) is 11.8 Å². The number of hydrogen-bond acceptors (Lipinski definition) is 10. The highest BCUT2D eigenvalue weighted by Gasteiger charge is 2.33. The third kappa shape index (κ3) is 9.35. The summed E-state index contributed by atoms with van der Waals surface area (Å²) < 4.78 is 16.7. The van der Waals surface area contributed by atoms with Gasteiger partial charge in [0.1, 0.15) is 0 Å². The normalized spacial score (nSPS) is 31.3. The molecule has 12 heteroatoms. The van der Waals surface area contributed by atoms with Crippen molar-refractivity contribution >= 4 is 23.6 Å². The van der Waals surface area contributed by atoms with Gasteiger partial charge in [0.05, 0.1) is 36.3 Å². The Hall–Kier alpha value is -3.32. The van der Waals surface area contributed by atoms with E-state index < -0.39 is 53.9 Å². The number of methoxy groups -OCH3 is 2. The number of amides is 2. The predicted molar refractivity (Wildman–Crippen MR) is 155 cm³/mol. The van der Waals surface area contributed by atoms with Crippen LogP contribution in [0.25, 0.3) is 0 Å². The minimum atomic E-state index is -0.975. The molecule has 0 unspecified atom stereocenters. The van der Waals surface area contributed by atoms with Gasteiger partial charge in [0.2, 0.25) is 11.6 Å². The summed E-state index contributed by atoms with van der Waals surface area (Å²) in [6.07, 6.45) is 1.70. The molecule has 2 aliphatic rings. The zero-order valence-corrected chi connectivity index (χ0v) is 25.3. The van der Waals surface area contributed by atoms with Crippen molar-refractivity contribution < 1.29 is 43.6 Å². The van der Waals surface area contributed by atoms with Gasteiger partial charge in [0, 0.05) is 43.9 Å². The fourth-order valence-electron chi connectivity index (χ4n) is 5.26. The van der Waals surface area contributed by atoms with Gasteiger partial charge in [-0.3, -0.25) is 14.4 Å². The average molecular weight is 592 g/mol. The molecule has 0 fully saturated rings. The highest BCUT2D eigenvalue weighted by Crippen LogP contribution is 2.29. The molecule has 234 valence electrons. The van der Waals surface area contributed by atoms with Crippen molar-refractivity contribution in [3.8, 4) is 0 Å². The van der Waals surface area contributed by atoms with Crippen molar-refractivity contribution in [2.45, 2.75) is 77.8 Å². The summed E-state index contributed by atoms with van der Waals surface area (Å²) in [5.41, 5.74) is 6.40. The van der Waals surface area contributed by atoms with E-state index in [1.54, 1.807) is 32.9 Å². The Balaban J connectivity index is 2.56. The van der Waals surface area contributed by atoms with E-state index in [0.29, 0.717) is 30.4 Å². The molecular weight excluding hydrogens is 546 g/mol. The quantitative estimate of drug-likeness (QED) is 0.224. The number of carbonyl (C=O) groups excluding carboxylic acids is 4. The van der Waals surface area contributed by atoms with E-state index in [1.165, 1.54) is 14.2 Å².